The van der Waals surface area contributed by atoms with E-state index in [1.165, 1.54) is 12.8 Å². The molecule has 0 radical (unpaired) electrons. The molecule has 1 saturated carbocycles. The normalized spacial score (nSPS) is 25.2. The first-order valence-electron chi connectivity index (χ1n) is 6.18. The Labute approximate surface area is 96.8 Å². The quantitative estimate of drug-likeness (QED) is 0.281. The molecule has 2 fully saturated rings. The van der Waals surface area contributed by atoms with Crippen LogP contribution in [0.2, 0.25) is 0 Å². The molecule has 1 unspecified atom stereocenters. The molecule has 1 heterocycles. The molecular formula is C11H22N4O. The lowest BCUT2D eigenvalue weighted by Crippen LogP contribution is -2.48. The summed E-state index contributed by atoms with van der Waals surface area (Å²) in [5, 5.41) is 3.37. The number of ether oxygens (including phenoxy) is 1. The van der Waals surface area contributed by atoms with Gasteiger partial charge in [-0.05, 0) is 38.5 Å². The van der Waals surface area contributed by atoms with Crippen molar-refractivity contribution in [1.82, 2.24) is 10.7 Å². The van der Waals surface area contributed by atoms with E-state index >= 15 is 0 Å². The Hall–Kier alpha value is -0.810. The van der Waals surface area contributed by atoms with Gasteiger partial charge in [-0.3, -0.25) is 5.43 Å². The fourth-order valence-electron chi connectivity index (χ4n) is 2.05. The summed E-state index contributed by atoms with van der Waals surface area (Å²) in [6, 6.07) is 0.887. The van der Waals surface area contributed by atoms with Gasteiger partial charge < -0.3 is 10.1 Å². The molecule has 5 heteroatoms. The van der Waals surface area contributed by atoms with Gasteiger partial charge in [-0.25, -0.2) is 10.8 Å². The van der Waals surface area contributed by atoms with Crippen LogP contribution in [0.15, 0.2) is 4.99 Å². The Balaban J connectivity index is 1.81. The minimum atomic E-state index is 0.400. The Kier molecular flexibility index (Phi) is 4.01. The monoisotopic (exact) mass is 226 g/mol. The van der Waals surface area contributed by atoms with E-state index in [2.05, 4.69) is 22.7 Å². The minimum Gasteiger partial charge on any atom is -0.381 e. The SMILES string of the molecule is CC(NC(=NC1CC1)NN)C1CCOCC1. The standard InChI is InChI=1S/C11H22N4O/c1-8(9-4-6-16-7-5-9)13-11(15-12)14-10-2-3-10/h8-10H,2-7,12H2,1H3,(H2,13,14,15). The summed E-state index contributed by atoms with van der Waals surface area (Å²) in [5.41, 5.74) is 2.65. The van der Waals surface area contributed by atoms with E-state index in [4.69, 9.17) is 10.6 Å². The molecule has 5 nitrogen and oxygen atoms in total. The van der Waals surface area contributed by atoms with Gasteiger partial charge in [0, 0.05) is 19.3 Å². The van der Waals surface area contributed by atoms with Crippen LogP contribution < -0.4 is 16.6 Å². The van der Waals surface area contributed by atoms with Gasteiger partial charge >= 0.3 is 0 Å². The fourth-order valence-corrected chi connectivity index (χ4v) is 2.05. The van der Waals surface area contributed by atoms with Crippen LogP contribution in [-0.4, -0.2) is 31.3 Å². The van der Waals surface area contributed by atoms with Gasteiger partial charge in [-0.2, -0.15) is 0 Å². The first-order valence-corrected chi connectivity index (χ1v) is 6.18. The molecule has 2 rings (SSSR count). The van der Waals surface area contributed by atoms with Gasteiger partial charge in [0.1, 0.15) is 0 Å². The molecule has 1 aliphatic carbocycles. The molecule has 0 aromatic carbocycles. The van der Waals surface area contributed by atoms with Gasteiger partial charge in [0.2, 0.25) is 5.96 Å². The number of hydrogen-bond acceptors (Lipinski definition) is 3. The summed E-state index contributed by atoms with van der Waals surface area (Å²) in [4.78, 5) is 4.48. The van der Waals surface area contributed by atoms with E-state index in [9.17, 15) is 0 Å². The molecule has 4 N–H and O–H groups in total. The molecular weight excluding hydrogens is 204 g/mol. The summed E-state index contributed by atoms with van der Waals surface area (Å²) >= 11 is 0. The second kappa shape index (κ2) is 5.50. The van der Waals surface area contributed by atoms with E-state index in [1.54, 1.807) is 0 Å². The molecule has 92 valence electrons. The number of nitrogens with two attached hydrogens (primary N) is 1. The number of nitrogens with one attached hydrogen (secondary N) is 2. The fraction of sp³-hybridized carbons (Fsp3) is 0.909. The van der Waals surface area contributed by atoms with Crippen LogP contribution in [0.4, 0.5) is 0 Å². The number of rotatable bonds is 3. The molecule has 0 spiro atoms. The second-order valence-electron chi connectivity index (χ2n) is 4.74. The number of hydrazine groups is 1. The second-order valence-corrected chi connectivity index (χ2v) is 4.74. The van der Waals surface area contributed by atoms with E-state index < -0.39 is 0 Å². The minimum absolute atomic E-state index is 0.400. The van der Waals surface area contributed by atoms with Crippen LogP contribution >= 0.6 is 0 Å². The van der Waals surface area contributed by atoms with E-state index in [0.717, 1.165) is 32.0 Å². The highest BCUT2D eigenvalue weighted by Crippen LogP contribution is 2.23. The van der Waals surface area contributed by atoms with Crippen LogP contribution in [0.25, 0.3) is 0 Å². The maximum Gasteiger partial charge on any atom is 0.206 e. The van der Waals surface area contributed by atoms with Crippen molar-refractivity contribution >= 4 is 5.96 Å². The Bertz CT molecular complexity index is 246. The topological polar surface area (TPSA) is 71.7 Å². The lowest BCUT2D eigenvalue weighted by molar-refractivity contribution is 0.0581. The third kappa shape index (κ3) is 3.35. The smallest absolute Gasteiger partial charge is 0.206 e. The van der Waals surface area contributed by atoms with E-state index in [1.807, 2.05) is 0 Å². The lowest BCUT2D eigenvalue weighted by atomic mass is 9.93. The maximum atomic E-state index is 5.46. The van der Waals surface area contributed by atoms with Crippen molar-refractivity contribution in [2.45, 2.75) is 44.7 Å². The van der Waals surface area contributed by atoms with Gasteiger partial charge in [0.15, 0.2) is 0 Å². The van der Waals surface area contributed by atoms with Gasteiger partial charge in [0.25, 0.3) is 0 Å². The lowest BCUT2D eigenvalue weighted by Gasteiger charge is -2.29. The molecule has 0 bridgehead atoms. The summed E-state index contributed by atoms with van der Waals surface area (Å²) in [5.74, 6) is 6.85. The Morgan fingerprint density at radius 1 is 1.31 bits per heavy atom. The molecule has 2 aliphatic rings. The van der Waals surface area contributed by atoms with Gasteiger partial charge in [-0.15, -0.1) is 0 Å². The number of hydrogen-bond donors (Lipinski definition) is 3. The first kappa shape index (κ1) is 11.7. The number of nitrogens with zero attached hydrogens (tertiary/aromatic N) is 1. The Morgan fingerprint density at radius 3 is 2.56 bits per heavy atom. The van der Waals surface area contributed by atoms with Crippen LogP contribution in [0.5, 0.6) is 0 Å². The maximum absolute atomic E-state index is 5.46. The third-order valence-corrected chi connectivity index (χ3v) is 3.33. The molecule has 1 aliphatic heterocycles. The van der Waals surface area contributed by atoms with Crippen molar-refractivity contribution in [3.05, 3.63) is 0 Å². The highest BCUT2D eigenvalue weighted by Gasteiger charge is 2.24. The van der Waals surface area contributed by atoms with Crippen molar-refractivity contribution < 1.29 is 4.74 Å². The van der Waals surface area contributed by atoms with E-state index in [-0.39, 0.29) is 0 Å². The highest BCUT2D eigenvalue weighted by molar-refractivity contribution is 5.79. The van der Waals surface area contributed by atoms with Gasteiger partial charge in [0.05, 0.1) is 6.04 Å². The van der Waals surface area contributed by atoms with Crippen molar-refractivity contribution in [2.24, 2.45) is 16.8 Å². The molecule has 0 aromatic heterocycles. The summed E-state index contributed by atoms with van der Waals surface area (Å²) in [6.07, 6.45) is 4.63. The third-order valence-electron chi connectivity index (χ3n) is 3.33. The van der Waals surface area contributed by atoms with Crippen LogP contribution in [0.3, 0.4) is 0 Å². The summed E-state index contributed by atoms with van der Waals surface area (Å²) in [7, 11) is 0. The highest BCUT2D eigenvalue weighted by atomic mass is 16.5. The van der Waals surface area contributed by atoms with Crippen LogP contribution in [-0.2, 0) is 4.74 Å². The molecule has 16 heavy (non-hydrogen) atoms. The molecule has 0 amide bonds. The number of aliphatic imine (C=N–C) groups is 1. The van der Waals surface area contributed by atoms with Gasteiger partial charge in [-0.1, -0.05) is 0 Å². The predicted molar refractivity (Wildman–Crippen MR) is 63.9 cm³/mol. The van der Waals surface area contributed by atoms with E-state index in [0.29, 0.717) is 18.0 Å². The summed E-state index contributed by atoms with van der Waals surface area (Å²) < 4.78 is 5.36. The average molecular weight is 226 g/mol. The van der Waals surface area contributed by atoms with Crippen LogP contribution in [0.1, 0.15) is 32.6 Å². The zero-order chi connectivity index (χ0) is 11.4. The summed E-state index contributed by atoms with van der Waals surface area (Å²) in [6.45, 7) is 3.94. The Morgan fingerprint density at radius 2 is 2.00 bits per heavy atom. The van der Waals surface area contributed by atoms with Crippen molar-refractivity contribution in [3.8, 4) is 0 Å². The van der Waals surface area contributed by atoms with Crippen LogP contribution in [0, 0.1) is 5.92 Å². The predicted octanol–water partition coefficient (Wildman–Crippen LogP) is 0.373. The zero-order valence-corrected chi connectivity index (χ0v) is 9.91. The van der Waals surface area contributed by atoms with Crippen molar-refractivity contribution in [1.29, 1.82) is 0 Å². The zero-order valence-electron chi connectivity index (χ0n) is 9.91. The molecule has 0 aromatic rings. The number of guanidine groups is 1. The van der Waals surface area contributed by atoms with Crippen molar-refractivity contribution in [2.75, 3.05) is 13.2 Å². The first-order chi connectivity index (χ1) is 7.79. The van der Waals surface area contributed by atoms with Crippen molar-refractivity contribution in [3.63, 3.8) is 0 Å². The largest absolute Gasteiger partial charge is 0.381 e. The molecule has 1 saturated heterocycles. The average Bonchev–Trinajstić information content (AvgIpc) is 3.13. The molecule has 1 atom stereocenters.